The van der Waals surface area contributed by atoms with Crippen molar-refractivity contribution in [2.24, 2.45) is 0 Å². The number of nitrogens with zero attached hydrogens (tertiary/aromatic N) is 4. The van der Waals surface area contributed by atoms with Gasteiger partial charge in [-0.15, -0.1) is 10.2 Å². The average molecular weight is 395 g/mol. The van der Waals surface area contributed by atoms with Gasteiger partial charge in [-0.2, -0.15) is 0 Å². The van der Waals surface area contributed by atoms with Gasteiger partial charge in [0, 0.05) is 11.3 Å². The Kier molecular flexibility index (Phi) is 5.73. The molecular weight excluding hydrogens is 372 g/mol. The summed E-state index contributed by atoms with van der Waals surface area (Å²) in [5, 5.41) is 18.9. The summed E-state index contributed by atoms with van der Waals surface area (Å²) < 4.78 is 2.05. The molecule has 0 saturated carbocycles. The fourth-order valence-corrected chi connectivity index (χ4v) is 4.20. The summed E-state index contributed by atoms with van der Waals surface area (Å²) in [5.74, 6) is 1.31. The number of phenols is 1. The molecule has 0 radical (unpaired) electrons. The molecule has 1 N–H and O–H groups in total. The molecule has 1 aromatic heterocycles. The number of ketones is 1. The molecule has 4 rings (SSSR count). The van der Waals surface area contributed by atoms with Gasteiger partial charge in [0.15, 0.2) is 16.8 Å². The van der Waals surface area contributed by atoms with Crippen LogP contribution in [0.4, 0.5) is 0 Å². The third-order valence-corrected chi connectivity index (χ3v) is 5.73. The van der Waals surface area contributed by atoms with Crippen LogP contribution in [0, 0.1) is 0 Å². The molecule has 0 spiro atoms. The van der Waals surface area contributed by atoms with Crippen LogP contribution in [-0.2, 0) is 6.54 Å². The maximum absolute atomic E-state index is 12.5. The number of carbonyl (C=O) groups excluding carboxylic acids is 1. The van der Waals surface area contributed by atoms with Crippen molar-refractivity contribution in [3.8, 4) is 11.4 Å². The highest BCUT2D eigenvalue weighted by Crippen LogP contribution is 2.24. The molecular formula is C21H22N4O2S. The Balaban J connectivity index is 1.55. The predicted octanol–water partition coefficient (Wildman–Crippen LogP) is 3.54. The molecule has 0 amide bonds. The molecule has 1 saturated heterocycles. The number of para-hydroxylation sites is 1. The topological polar surface area (TPSA) is 71.2 Å². The number of aromatic nitrogens is 3. The van der Waals surface area contributed by atoms with E-state index in [1.165, 1.54) is 36.7 Å². The lowest BCUT2D eigenvalue weighted by Crippen LogP contribution is -2.21. The van der Waals surface area contributed by atoms with Crippen molar-refractivity contribution < 1.29 is 9.90 Å². The number of thioether (sulfide) groups is 1. The van der Waals surface area contributed by atoms with Crippen molar-refractivity contribution in [2.45, 2.75) is 24.5 Å². The van der Waals surface area contributed by atoms with Gasteiger partial charge in [-0.1, -0.05) is 30.0 Å². The summed E-state index contributed by atoms with van der Waals surface area (Å²) in [7, 11) is 0. The van der Waals surface area contributed by atoms with Crippen LogP contribution in [0.3, 0.4) is 0 Å². The summed E-state index contributed by atoms with van der Waals surface area (Å²) in [6, 6.07) is 16.4. The monoisotopic (exact) mass is 394 g/mol. The SMILES string of the molecule is O=C(CSc1nnc(CN2CCCC2)n1-c1ccccc1)c1ccc(O)cc1. The van der Waals surface area contributed by atoms with Gasteiger partial charge in [-0.05, 0) is 62.3 Å². The Morgan fingerprint density at radius 3 is 2.43 bits per heavy atom. The summed E-state index contributed by atoms with van der Waals surface area (Å²) in [4.78, 5) is 14.9. The van der Waals surface area contributed by atoms with Gasteiger partial charge in [0.2, 0.25) is 0 Å². The zero-order valence-corrected chi connectivity index (χ0v) is 16.3. The van der Waals surface area contributed by atoms with Crippen LogP contribution >= 0.6 is 11.8 Å². The minimum atomic E-state index is -0.00583. The van der Waals surface area contributed by atoms with Crippen LogP contribution in [0.1, 0.15) is 29.0 Å². The summed E-state index contributed by atoms with van der Waals surface area (Å²) in [6.45, 7) is 2.93. The fourth-order valence-electron chi connectivity index (χ4n) is 3.33. The molecule has 28 heavy (non-hydrogen) atoms. The van der Waals surface area contributed by atoms with Crippen molar-refractivity contribution in [1.82, 2.24) is 19.7 Å². The van der Waals surface area contributed by atoms with Crippen molar-refractivity contribution >= 4 is 17.5 Å². The van der Waals surface area contributed by atoms with Gasteiger partial charge in [0.1, 0.15) is 5.75 Å². The zero-order valence-electron chi connectivity index (χ0n) is 15.5. The molecule has 6 nitrogen and oxygen atoms in total. The van der Waals surface area contributed by atoms with Gasteiger partial charge in [0.25, 0.3) is 0 Å². The third kappa shape index (κ3) is 4.26. The molecule has 0 unspecified atom stereocenters. The summed E-state index contributed by atoms with van der Waals surface area (Å²) in [5.41, 5.74) is 1.58. The van der Waals surface area contributed by atoms with Gasteiger partial charge >= 0.3 is 0 Å². The number of likely N-dealkylation sites (tertiary alicyclic amines) is 1. The van der Waals surface area contributed by atoms with Crippen LogP contribution in [0.15, 0.2) is 59.8 Å². The molecule has 2 aromatic carbocycles. The minimum absolute atomic E-state index is 0.00583. The highest BCUT2D eigenvalue weighted by Gasteiger charge is 2.20. The lowest BCUT2D eigenvalue weighted by Gasteiger charge is -2.15. The standard InChI is InChI=1S/C21H22N4O2S/c26-18-10-8-16(9-11-18)19(27)15-28-21-23-22-20(14-24-12-4-5-13-24)25(21)17-6-2-1-3-7-17/h1-3,6-11,26H,4-5,12-15H2. The van der Waals surface area contributed by atoms with E-state index in [1.807, 2.05) is 34.9 Å². The maximum atomic E-state index is 12.5. The van der Waals surface area contributed by atoms with Crippen LogP contribution in [0.2, 0.25) is 0 Å². The van der Waals surface area contributed by atoms with E-state index < -0.39 is 0 Å². The molecule has 2 heterocycles. The highest BCUT2D eigenvalue weighted by molar-refractivity contribution is 7.99. The number of Topliss-reactive ketones (excluding diaryl/α,β-unsaturated/α-hetero) is 1. The second-order valence-corrected chi connectivity index (χ2v) is 7.75. The predicted molar refractivity (Wildman–Crippen MR) is 109 cm³/mol. The molecule has 7 heteroatoms. The summed E-state index contributed by atoms with van der Waals surface area (Å²) in [6.07, 6.45) is 2.45. The van der Waals surface area contributed by atoms with E-state index in [0.29, 0.717) is 10.7 Å². The minimum Gasteiger partial charge on any atom is -0.508 e. The van der Waals surface area contributed by atoms with Gasteiger partial charge in [-0.25, -0.2) is 0 Å². The molecule has 1 aliphatic heterocycles. The smallest absolute Gasteiger partial charge is 0.196 e. The van der Waals surface area contributed by atoms with Crippen molar-refractivity contribution in [3.05, 3.63) is 66.0 Å². The lowest BCUT2D eigenvalue weighted by atomic mass is 10.1. The van der Waals surface area contributed by atoms with E-state index in [2.05, 4.69) is 15.1 Å². The van der Waals surface area contributed by atoms with Crippen LogP contribution < -0.4 is 0 Å². The van der Waals surface area contributed by atoms with Gasteiger partial charge in [0.05, 0.1) is 12.3 Å². The maximum Gasteiger partial charge on any atom is 0.196 e. The molecule has 3 aromatic rings. The van der Waals surface area contributed by atoms with Crippen molar-refractivity contribution in [3.63, 3.8) is 0 Å². The average Bonchev–Trinajstić information content (AvgIpc) is 3.37. The fraction of sp³-hybridized carbons (Fsp3) is 0.286. The Hall–Kier alpha value is -2.64. The van der Waals surface area contributed by atoms with E-state index in [1.54, 1.807) is 12.1 Å². The van der Waals surface area contributed by atoms with Gasteiger partial charge in [-0.3, -0.25) is 14.3 Å². The first kappa shape index (κ1) is 18.7. The molecule has 0 atom stereocenters. The first-order chi connectivity index (χ1) is 13.7. The quantitative estimate of drug-likeness (QED) is 0.488. The number of aromatic hydroxyl groups is 1. The number of phenolic OH excluding ortho intramolecular Hbond substituents is 1. The first-order valence-corrected chi connectivity index (χ1v) is 10.4. The Bertz CT molecular complexity index is 935. The van der Waals surface area contributed by atoms with Gasteiger partial charge < -0.3 is 5.11 Å². The van der Waals surface area contributed by atoms with E-state index in [9.17, 15) is 9.90 Å². The molecule has 144 valence electrons. The van der Waals surface area contributed by atoms with Crippen molar-refractivity contribution in [2.75, 3.05) is 18.8 Å². The Morgan fingerprint density at radius 1 is 1.00 bits per heavy atom. The molecule has 1 aliphatic rings. The van der Waals surface area contributed by atoms with Crippen LogP contribution in [-0.4, -0.2) is 49.4 Å². The van der Waals surface area contributed by atoms with Crippen molar-refractivity contribution in [1.29, 1.82) is 0 Å². The largest absolute Gasteiger partial charge is 0.508 e. The number of benzene rings is 2. The highest BCUT2D eigenvalue weighted by atomic mass is 32.2. The number of hydrogen-bond donors (Lipinski definition) is 1. The molecule has 1 fully saturated rings. The van der Waals surface area contributed by atoms with Crippen LogP contribution in [0.5, 0.6) is 5.75 Å². The number of rotatable bonds is 7. The van der Waals surface area contributed by atoms with E-state index in [0.717, 1.165) is 31.1 Å². The number of hydrogen-bond acceptors (Lipinski definition) is 6. The van der Waals surface area contributed by atoms with E-state index in [4.69, 9.17) is 0 Å². The lowest BCUT2D eigenvalue weighted by molar-refractivity contribution is 0.102. The third-order valence-electron chi connectivity index (χ3n) is 4.80. The van der Waals surface area contributed by atoms with E-state index in [-0.39, 0.29) is 17.3 Å². The first-order valence-electron chi connectivity index (χ1n) is 9.38. The summed E-state index contributed by atoms with van der Waals surface area (Å²) >= 11 is 1.39. The van der Waals surface area contributed by atoms with E-state index >= 15 is 0 Å². The Labute approximate surface area is 168 Å². The Morgan fingerprint density at radius 2 is 1.71 bits per heavy atom. The normalized spacial score (nSPS) is 14.4. The second kappa shape index (κ2) is 8.58. The second-order valence-electron chi connectivity index (χ2n) is 6.81. The van der Waals surface area contributed by atoms with Crippen LogP contribution in [0.25, 0.3) is 5.69 Å². The molecule has 0 bridgehead atoms. The molecule has 0 aliphatic carbocycles. The zero-order chi connectivity index (χ0) is 19.3. The number of carbonyl (C=O) groups is 1.